The maximum absolute atomic E-state index is 9.48. The topological polar surface area (TPSA) is 70.9 Å². The molecule has 4 aromatic rings. The molecule has 4 rings (SSSR count). The van der Waals surface area contributed by atoms with Crippen LogP contribution in [0.25, 0.3) is 22.3 Å². The SMILES string of the molecule is OCCC(Nc1nc(-c2ccncc2)nc2ccccc12)c1cccs1. The summed E-state index contributed by atoms with van der Waals surface area (Å²) in [6.07, 6.45) is 4.09. The molecule has 2 N–H and O–H groups in total. The van der Waals surface area contributed by atoms with Crippen LogP contribution in [0.3, 0.4) is 0 Å². The quantitative estimate of drug-likeness (QED) is 0.535. The van der Waals surface area contributed by atoms with Crippen molar-refractivity contribution < 1.29 is 5.11 Å². The maximum Gasteiger partial charge on any atom is 0.162 e. The number of aromatic nitrogens is 3. The lowest BCUT2D eigenvalue weighted by molar-refractivity contribution is 0.280. The molecule has 3 aromatic heterocycles. The molecule has 0 radical (unpaired) electrons. The summed E-state index contributed by atoms with van der Waals surface area (Å²) in [5.41, 5.74) is 1.80. The number of nitrogens with zero attached hydrogens (tertiary/aromatic N) is 3. The van der Waals surface area contributed by atoms with Crippen LogP contribution in [0.1, 0.15) is 17.3 Å². The zero-order valence-electron chi connectivity index (χ0n) is 14.0. The van der Waals surface area contributed by atoms with Crippen LogP contribution in [0.5, 0.6) is 0 Å². The van der Waals surface area contributed by atoms with Crippen LogP contribution in [0, 0.1) is 0 Å². The highest BCUT2D eigenvalue weighted by Gasteiger charge is 2.16. The molecule has 1 atom stereocenters. The van der Waals surface area contributed by atoms with Crippen LogP contribution in [0.2, 0.25) is 0 Å². The van der Waals surface area contributed by atoms with Gasteiger partial charge in [-0.3, -0.25) is 4.98 Å². The fourth-order valence-electron chi connectivity index (χ4n) is 2.89. The molecular formula is C20H18N4OS. The van der Waals surface area contributed by atoms with Gasteiger partial charge >= 0.3 is 0 Å². The highest BCUT2D eigenvalue weighted by atomic mass is 32.1. The molecule has 0 saturated carbocycles. The van der Waals surface area contributed by atoms with Gasteiger partial charge in [0.05, 0.1) is 11.6 Å². The van der Waals surface area contributed by atoms with Gasteiger partial charge in [-0.1, -0.05) is 18.2 Å². The number of para-hydroxylation sites is 1. The summed E-state index contributed by atoms with van der Waals surface area (Å²) < 4.78 is 0. The molecule has 130 valence electrons. The third kappa shape index (κ3) is 3.42. The van der Waals surface area contributed by atoms with E-state index in [-0.39, 0.29) is 12.6 Å². The standard InChI is InChI=1S/C20H18N4OS/c25-12-9-17(18-6-3-13-26-18)23-20-15-4-1-2-5-16(15)22-19(24-20)14-7-10-21-11-8-14/h1-8,10-11,13,17,25H,9,12H2,(H,22,23,24). The predicted molar refractivity (Wildman–Crippen MR) is 105 cm³/mol. The fraction of sp³-hybridized carbons (Fsp3) is 0.150. The molecule has 5 nitrogen and oxygen atoms in total. The van der Waals surface area contributed by atoms with Crippen molar-refractivity contribution in [1.82, 2.24) is 15.0 Å². The third-order valence-electron chi connectivity index (χ3n) is 4.16. The minimum Gasteiger partial charge on any atom is -0.396 e. The first-order valence-electron chi connectivity index (χ1n) is 8.43. The van der Waals surface area contributed by atoms with Gasteiger partial charge in [0.1, 0.15) is 5.82 Å². The summed E-state index contributed by atoms with van der Waals surface area (Å²) in [4.78, 5) is 14.7. The Bertz CT molecular complexity index is 989. The van der Waals surface area contributed by atoms with E-state index in [0.29, 0.717) is 12.2 Å². The number of hydrogen-bond donors (Lipinski definition) is 2. The molecule has 6 heteroatoms. The van der Waals surface area contributed by atoms with Gasteiger partial charge in [-0.25, -0.2) is 9.97 Å². The minimum atomic E-state index is 0.00333. The van der Waals surface area contributed by atoms with Gasteiger partial charge < -0.3 is 10.4 Å². The van der Waals surface area contributed by atoms with Gasteiger partial charge in [0.15, 0.2) is 5.82 Å². The number of nitrogens with one attached hydrogen (secondary N) is 1. The van der Waals surface area contributed by atoms with E-state index in [1.54, 1.807) is 23.7 Å². The molecule has 26 heavy (non-hydrogen) atoms. The highest BCUT2D eigenvalue weighted by Crippen LogP contribution is 2.30. The summed E-state index contributed by atoms with van der Waals surface area (Å²) in [5, 5.41) is 16.0. The van der Waals surface area contributed by atoms with Gasteiger partial charge in [-0.05, 0) is 42.1 Å². The van der Waals surface area contributed by atoms with E-state index in [9.17, 15) is 5.11 Å². The number of benzene rings is 1. The lowest BCUT2D eigenvalue weighted by Gasteiger charge is -2.19. The Morgan fingerprint density at radius 3 is 2.62 bits per heavy atom. The maximum atomic E-state index is 9.48. The highest BCUT2D eigenvalue weighted by molar-refractivity contribution is 7.10. The van der Waals surface area contributed by atoms with E-state index in [1.807, 2.05) is 47.8 Å². The molecule has 0 aliphatic heterocycles. The minimum absolute atomic E-state index is 0.00333. The molecule has 0 saturated heterocycles. The second-order valence-electron chi connectivity index (χ2n) is 5.87. The second kappa shape index (κ2) is 7.59. The Morgan fingerprint density at radius 2 is 1.85 bits per heavy atom. The lowest BCUT2D eigenvalue weighted by Crippen LogP contribution is -2.13. The fourth-order valence-corrected chi connectivity index (χ4v) is 3.70. The molecule has 0 fully saturated rings. The molecule has 0 amide bonds. The molecule has 0 bridgehead atoms. The summed E-state index contributed by atoms with van der Waals surface area (Å²) in [5.74, 6) is 1.43. The number of pyridine rings is 1. The van der Waals surface area contributed by atoms with Gasteiger partial charge in [-0.2, -0.15) is 0 Å². The first-order valence-corrected chi connectivity index (χ1v) is 9.31. The number of thiophene rings is 1. The van der Waals surface area contributed by atoms with E-state index < -0.39 is 0 Å². The van der Waals surface area contributed by atoms with Crippen LogP contribution in [0.4, 0.5) is 5.82 Å². The summed E-state index contributed by atoms with van der Waals surface area (Å²) in [7, 11) is 0. The number of aliphatic hydroxyl groups is 1. The average Bonchev–Trinajstić information content (AvgIpc) is 3.23. The Balaban J connectivity index is 1.80. The predicted octanol–water partition coefficient (Wildman–Crippen LogP) is 4.29. The Hall–Kier alpha value is -2.83. The molecule has 3 heterocycles. The monoisotopic (exact) mass is 362 g/mol. The van der Waals surface area contributed by atoms with E-state index >= 15 is 0 Å². The zero-order chi connectivity index (χ0) is 17.8. The van der Waals surface area contributed by atoms with Crippen LogP contribution < -0.4 is 5.32 Å². The van der Waals surface area contributed by atoms with E-state index in [2.05, 4.69) is 16.4 Å². The van der Waals surface area contributed by atoms with Gasteiger partial charge in [0, 0.05) is 34.8 Å². The number of fused-ring (bicyclic) bond motifs is 1. The van der Waals surface area contributed by atoms with Gasteiger partial charge in [0.2, 0.25) is 0 Å². The lowest BCUT2D eigenvalue weighted by atomic mass is 10.1. The van der Waals surface area contributed by atoms with Gasteiger partial charge in [-0.15, -0.1) is 11.3 Å². The van der Waals surface area contributed by atoms with Crippen molar-refractivity contribution in [3.63, 3.8) is 0 Å². The average molecular weight is 362 g/mol. The first kappa shape index (κ1) is 16.6. The molecule has 0 spiro atoms. The van der Waals surface area contributed by atoms with Crippen LogP contribution >= 0.6 is 11.3 Å². The van der Waals surface area contributed by atoms with Crippen molar-refractivity contribution in [2.24, 2.45) is 0 Å². The largest absolute Gasteiger partial charge is 0.396 e. The van der Waals surface area contributed by atoms with Crippen molar-refractivity contribution in [2.75, 3.05) is 11.9 Å². The van der Waals surface area contributed by atoms with E-state index in [0.717, 1.165) is 22.3 Å². The first-order chi connectivity index (χ1) is 12.8. The van der Waals surface area contributed by atoms with Crippen LogP contribution in [0.15, 0.2) is 66.3 Å². The normalized spacial score (nSPS) is 12.2. The second-order valence-corrected chi connectivity index (χ2v) is 6.85. The zero-order valence-corrected chi connectivity index (χ0v) is 14.9. The van der Waals surface area contributed by atoms with Crippen LogP contribution in [-0.4, -0.2) is 26.7 Å². The molecule has 1 aromatic carbocycles. The summed E-state index contributed by atoms with van der Waals surface area (Å²) in [6, 6.07) is 15.9. The van der Waals surface area contributed by atoms with Crippen molar-refractivity contribution in [3.05, 3.63) is 71.2 Å². The van der Waals surface area contributed by atoms with Crippen molar-refractivity contribution in [2.45, 2.75) is 12.5 Å². The smallest absolute Gasteiger partial charge is 0.162 e. The Morgan fingerprint density at radius 1 is 1.00 bits per heavy atom. The molecule has 1 unspecified atom stereocenters. The van der Waals surface area contributed by atoms with Crippen molar-refractivity contribution >= 4 is 28.1 Å². The van der Waals surface area contributed by atoms with E-state index in [1.165, 1.54) is 4.88 Å². The summed E-state index contributed by atoms with van der Waals surface area (Å²) >= 11 is 1.67. The van der Waals surface area contributed by atoms with Crippen LogP contribution in [-0.2, 0) is 0 Å². The summed E-state index contributed by atoms with van der Waals surface area (Å²) in [6.45, 7) is 0.107. The van der Waals surface area contributed by atoms with Crippen molar-refractivity contribution in [3.8, 4) is 11.4 Å². The Kier molecular flexibility index (Phi) is 4.86. The number of rotatable bonds is 6. The number of aliphatic hydroxyl groups excluding tert-OH is 1. The van der Waals surface area contributed by atoms with Gasteiger partial charge in [0.25, 0.3) is 0 Å². The Labute approximate surface area is 155 Å². The van der Waals surface area contributed by atoms with E-state index in [4.69, 9.17) is 9.97 Å². The number of anilines is 1. The van der Waals surface area contributed by atoms with Crippen molar-refractivity contribution in [1.29, 1.82) is 0 Å². The third-order valence-corrected chi connectivity index (χ3v) is 5.14. The molecule has 0 aliphatic carbocycles. The molecular weight excluding hydrogens is 344 g/mol. The molecule has 0 aliphatic rings. The number of hydrogen-bond acceptors (Lipinski definition) is 6.